The van der Waals surface area contributed by atoms with E-state index < -0.39 is 0 Å². The minimum absolute atomic E-state index is 0.308. The van der Waals surface area contributed by atoms with Gasteiger partial charge in [-0.05, 0) is 29.0 Å². The lowest BCUT2D eigenvalue weighted by atomic mass is 10.4. The second kappa shape index (κ2) is 4.59. The zero-order valence-corrected chi connectivity index (χ0v) is 6.42. The molecule has 0 saturated heterocycles. The van der Waals surface area contributed by atoms with Crippen LogP contribution in [0.5, 0.6) is 0 Å². The zero-order valence-electron chi connectivity index (χ0n) is 4.26. The second-order valence-electron chi connectivity index (χ2n) is 1.21. The van der Waals surface area contributed by atoms with Gasteiger partial charge in [0.2, 0.25) is 0 Å². The summed E-state index contributed by atoms with van der Waals surface area (Å²) < 4.78 is -0.308. The lowest BCUT2D eigenvalue weighted by Gasteiger charge is -1.86. The average Bonchev–Trinajstić information content (AvgIpc) is 1.61. The third-order valence-corrected chi connectivity index (χ3v) is 0.946. The van der Waals surface area contributed by atoms with E-state index in [1.807, 2.05) is 35.6 Å². The Morgan fingerprint density at radius 2 is 2.43 bits per heavy atom. The molecule has 7 heavy (non-hydrogen) atoms. The molecule has 1 atom stereocenters. The van der Waals surface area contributed by atoms with Crippen LogP contribution in [-0.2, 0) is 0 Å². The molecule has 2 heteroatoms. The van der Waals surface area contributed by atoms with Gasteiger partial charge in [-0.25, -0.2) is 0 Å². The molecule has 0 rings (SSSR count). The Morgan fingerprint density at radius 1 is 1.86 bits per heavy atom. The van der Waals surface area contributed by atoms with Crippen LogP contribution in [0.15, 0.2) is 12.2 Å². The lowest BCUT2D eigenvalue weighted by Crippen LogP contribution is -1.84. The maximum absolute atomic E-state index is 8.58. The molecule has 0 radical (unpaired) electrons. The maximum atomic E-state index is 8.58. The first-order valence-corrected chi connectivity index (χ1v) is 3.50. The molecule has 0 aromatic carbocycles. The lowest BCUT2D eigenvalue weighted by molar-refractivity contribution is 0.324. The van der Waals surface area contributed by atoms with Crippen LogP contribution < -0.4 is 0 Å². The van der Waals surface area contributed by atoms with Crippen molar-refractivity contribution >= 4 is 22.6 Å². The highest BCUT2D eigenvalue weighted by Gasteiger charge is 1.82. The Hall–Kier alpha value is 0.430. The molecule has 42 valence electrons. The molecule has 0 saturated carbocycles. The van der Waals surface area contributed by atoms with Crippen LogP contribution in [0.25, 0.3) is 0 Å². The fourth-order valence-corrected chi connectivity index (χ4v) is 0.542. The van der Waals surface area contributed by atoms with Crippen molar-refractivity contribution in [3.05, 3.63) is 12.2 Å². The van der Waals surface area contributed by atoms with Gasteiger partial charge in [0.15, 0.2) is 0 Å². The van der Waals surface area contributed by atoms with E-state index in [4.69, 9.17) is 5.11 Å². The predicted octanol–water partition coefficient (Wildman–Crippen LogP) is 1.71. The molecular weight excluding hydrogens is 203 g/mol. The number of hydrogen-bond acceptors (Lipinski definition) is 1. The Balaban J connectivity index is 3.08. The van der Waals surface area contributed by atoms with Gasteiger partial charge in [0, 0.05) is 0 Å². The van der Waals surface area contributed by atoms with Gasteiger partial charge >= 0.3 is 0 Å². The topological polar surface area (TPSA) is 20.2 Å². The Bertz CT molecular complexity index is 59.1. The number of alkyl halides is 1. The summed E-state index contributed by atoms with van der Waals surface area (Å²) in [4.78, 5) is 0. The summed E-state index contributed by atoms with van der Waals surface area (Å²) in [6.07, 6.45) is 4.71. The molecule has 0 bridgehead atoms. The normalized spacial score (nSPS) is 15.3. The zero-order chi connectivity index (χ0) is 5.70. The number of allylic oxidation sites excluding steroid dienone is 1. The molecule has 0 aliphatic heterocycles. The fourth-order valence-electron chi connectivity index (χ4n) is 0.248. The number of aliphatic hydroxyl groups is 1. The largest absolute Gasteiger partial charge is 0.379 e. The quantitative estimate of drug-likeness (QED) is 0.419. The van der Waals surface area contributed by atoms with Gasteiger partial charge < -0.3 is 5.11 Å². The summed E-state index contributed by atoms with van der Waals surface area (Å²) >= 11 is 1.93. The van der Waals surface area contributed by atoms with Crippen molar-refractivity contribution in [3.63, 3.8) is 0 Å². The highest BCUT2D eigenvalue weighted by Crippen LogP contribution is 1.95. The van der Waals surface area contributed by atoms with Crippen molar-refractivity contribution in [2.24, 2.45) is 0 Å². The standard InChI is InChI=1S/C5H9IO/c1-2-3-4-5(6)7/h3-5,7H,2H2,1H3. The summed E-state index contributed by atoms with van der Waals surface area (Å²) in [7, 11) is 0. The SMILES string of the molecule is CCC=CC(O)I. The average molecular weight is 212 g/mol. The van der Waals surface area contributed by atoms with Gasteiger partial charge in [-0.15, -0.1) is 0 Å². The van der Waals surface area contributed by atoms with Gasteiger partial charge in [0.25, 0.3) is 0 Å². The molecule has 0 spiro atoms. The number of aliphatic hydroxyl groups excluding tert-OH is 1. The van der Waals surface area contributed by atoms with Crippen molar-refractivity contribution in [1.82, 2.24) is 0 Å². The second-order valence-corrected chi connectivity index (χ2v) is 2.49. The summed E-state index contributed by atoms with van der Waals surface area (Å²) in [6.45, 7) is 2.04. The molecular formula is C5H9IO. The van der Waals surface area contributed by atoms with Crippen LogP contribution >= 0.6 is 22.6 Å². The van der Waals surface area contributed by atoms with Crippen LogP contribution in [0.2, 0.25) is 0 Å². The number of rotatable bonds is 2. The van der Waals surface area contributed by atoms with E-state index in [9.17, 15) is 0 Å². The predicted molar refractivity (Wildman–Crippen MR) is 39.5 cm³/mol. The first-order valence-electron chi connectivity index (χ1n) is 2.26. The number of hydrogen-bond donors (Lipinski definition) is 1. The van der Waals surface area contributed by atoms with E-state index in [-0.39, 0.29) is 4.11 Å². The maximum Gasteiger partial charge on any atom is 0.123 e. The minimum atomic E-state index is -0.308. The summed E-state index contributed by atoms with van der Waals surface area (Å²) in [5.74, 6) is 0. The smallest absolute Gasteiger partial charge is 0.123 e. The molecule has 1 unspecified atom stereocenters. The van der Waals surface area contributed by atoms with E-state index in [1.165, 1.54) is 0 Å². The first kappa shape index (κ1) is 7.43. The van der Waals surface area contributed by atoms with Crippen LogP contribution in [0.3, 0.4) is 0 Å². The molecule has 0 aliphatic carbocycles. The molecule has 0 fully saturated rings. The van der Waals surface area contributed by atoms with Crippen molar-refractivity contribution < 1.29 is 5.11 Å². The first-order chi connectivity index (χ1) is 3.27. The molecule has 1 nitrogen and oxygen atoms in total. The molecule has 0 aliphatic rings. The summed E-state index contributed by atoms with van der Waals surface area (Å²) in [5, 5.41) is 8.58. The highest BCUT2D eigenvalue weighted by atomic mass is 127. The van der Waals surface area contributed by atoms with Crippen molar-refractivity contribution in [2.75, 3.05) is 0 Å². The van der Waals surface area contributed by atoms with Gasteiger partial charge in [-0.2, -0.15) is 0 Å². The van der Waals surface area contributed by atoms with Gasteiger partial charge in [-0.1, -0.05) is 19.1 Å². The molecule has 0 amide bonds. The van der Waals surface area contributed by atoms with Gasteiger partial charge in [0.05, 0.1) is 0 Å². The monoisotopic (exact) mass is 212 g/mol. The minimum Gasteiger partial charge on any atom is -0.379 e. The Kier molecular flexibility index (Phi) is 4.87. The fraction of sp³-hybridized carbons (Fsp3) is 0.600. The van der Waals surface area contributed by atoms with E-state index in [2.05, 4.69) is 0 Å². The highest BCUT2D eigenvalue weighted by molar-refractivity contribution is 14.1. The van der Waals surface area contributed by atoms with E-state index in [0.717, 1.165) is 6.42 Å². The third kappa shape index (κ3) is 6.43. The number of halogens is 1. The van der Waals surface area contributed by atoms with Crippen LogP contribution in [0.1, 0.15) is 13.3 Å². The van der Waals surface area contributed by atoms with Crippen molar-refractivity contribution in [2.45, 2.75) is 17.5 Å². The van der Waals surface area contributed by atoms with E-state index in [0.29, 0.717) is 0 Å². The third-order valence-electron chi connectivity index (χ3n) is 0.531. The van der Waals surface area contributed by atoms with Gasteiger partial charge in [0.1, 0.15) is 4.11 Å². The van der Waals surface area contributed by atoms with Crippen LogP contribution in [-0.4, -0.2) is 9.22 Å². The van der Waals surface area contributed by atoms with E-state index in [1.54, 1.807) is 6.08 Å². The van der Waals surface area contributed by atoms with Crippen LogP contribution in [0.4, 0.5) is 0 Å². The Morgan fingerprint density at radius 3 is 2.57 bits per heavy atom. The molecule has 0 aromatic heterocycles. The summed E-state index contributed by atoms with van der Waals surface area (Å²) in [6, 6.07) is 0. The van der Waals surface area contributed by atoms with Crippen LogP contribution in [0, 0.1) is 0 Å². The Labute approximate surface area is 57.6 Å². The molecule has 0 aromatic rings. The van der Waals surface area contributed by atoms with Gasteiger partial charge in [-0.3, -0.25) is 0 Å². The molecule has 0 heterocycles. The van der Waals surface area contributed by atoms with Crippen molar-refractivity contribution in [1.29, 1.82) is 0 Å². The summed E-state index contributed by atoms with van der Waals surface area (Å²) in [5.41, 5.74) is 0. The van der Waals surface area contributed by atoms with Crippen molar-refractivity contribution in [3.8, 4) is 0 Å². The van der Waals surface area contributed by atoms with E-state index >= 15 is 0 Å². The molecule has 1 N–H and O–H groups in total.